The normalized spacial score (nSPS) is 19.6. The van der Waals surface area contributed by atoms with Crippen LogP contribution < -0.4 is 5.32 Å². The monoisotopic (exact) mass is 318 g/mol. The molecule has 5 heteroatoms. The van der Waals surface area contributed by atoms with Crippen molar-refractivity contribution in [2.75, 3.05) is 13.1 Å². The molecule has 0 radical (unpaired) electrons. The number of rotatable bonds is 5. The van der Waals surface area contributed by atoms with E-state index in [4.69, 9.17) is 0 Å². The summed E-state index contributed by atoms with van der Waals surface area (Å²) in [4.78, 5) is 25.8. The van der Waals surface area contributed by atoms with E-state index in [1.807, 2.05) is 6.07 Å². The number of nitrogens with one attached hydrogen (secondary N) is 1. The largest absolute Gasteiger partial charge is 0.347 e. The highest BCUT2D eigenvalue weighted by Gasteiger charge is 2.34. The molecule has 4 nitrogen and oxygen atoms in total. The smallest absolute Gasteiger partial charge is 0.240 e. The van der Waals surface area contributed by atoms with Gasteiger partial charge in [0, 0.05) is 13.0 Å². The SMILES string of the molecule is Cc1cc(C(NC(=O)CN2CCCCC2=O)C2CC2)ccc1F. The predicted molar refractivity (Wildman–Crippen MR) is 85.2 cm³/mol. The first-order chi connectivity index (χ1) is 11.0. The van der Waals surface area contributed by atoms with Crippen LogP contribution in [0.15, 0.2) is 18.2 Å². The van der Waals surface area contributed by atoms with E-state index >= 15 is 0 Å². The van der Waals surface area contributed by atoms with Gasteiger partial charge in [0.2, 0.25) is 11.8 Å². The van der Waals surface area contributed by atoms with Gasteiger partial charge in [-0.25, -0.2) is 4.39 Å². The number of benzene rings is 1. The highest BCUT2D eigenvalue weighted by Crippen LogP contribution is 2.41. The Hall–Kier alpha value is -1.91. The molecule has 2 aliphatic rings. The highest BCUT2D eigenvalue weighted by molar-refractivity contribution is 5.85. The number of amides is 2. The number of hydrogen-bond acceptors (Lipinski definition) is 2. The molecule has 1 aromatic carbocycles. The Balaban J connectivity index is 1.66. The third-order valence-corrected chi connectivity index (χ3v) is 4.71. The summed E-state index contributed by atoms with van der Waals surface area (Å²) in [6, 6.07) is 4.93. The number of halogens is 1. The highest BCUT2D eigenvalue weighted by atomic mass is 19.1. The minimum absolute atomic E-state index is 0.0620. The van der Waals surface area contributed by atoms with Crippen LogP contribution in [-0.2, 0) is 9.59 Å². The molecular formula is C18H23FN2O2. The molecule has 124 valence electrons. The number of aryl methyl sites for hydroxylation is 1. The van der Waals surface area contributed by atoms with Gasteiger partial charge >= 0.3 is 0 Å². The summed E-state index contributed by atoms with van der Waals surface area (Å²) in [6.07, 6.45) is 4.56. The summed E-state index contributed by atoms with van der Waals surface area (Å²) in [5.74, 6) is 0.125. The lowest BCUT2D eigenvalue weighted by Gasteiger charge is -2.27. The molecular weight excluding hydrogens is 295 g/mol. The third-order valence-electron chi connectivity index (χ3n) is 4.71. The number of piperidine rings is 1. The second kappa shape index (κ2) is 6.69. The van der Waals surface area contributed by atoms with Crippen molar-refractivity contribution in [3.8, 4) is 0 Å². The van der Waals surface area contributed by atoms with Crippen molar-refractivity contribution in [1.29, 1.82) is 0 Å². The van der Waals surface area contributed by atoms with Gasteiger partial charge in [0.15, 0.2) is 0 Å². The molecule has 0 bridgehead atoms. The molecule has 2 amide bonds. The first-order valence-corrected chi connectivity index (χ1v) is 8.38. The van der Waals surface area contributed by atoms with E-state index in [9.17, 15) is 14.0 Å². The lowest BCUT2D eigenvalue weighted by Crippen LogP contribution is -2.44. The van der Waals surface area contributed by atoms with Gasteiger partial charge in [0.25, 0.3) is 0 Å². The molecule has 1 aliphatic heterocycles. The van der Waals surface area contributed by atoms with Crippen molar-refractivity contribution >= 4 is 11.8 Å². The van der Waals surface area contributed by atoms with Crippen LogP contribution >= 0.6 is 0 Å². The summed E-state index contributed by atoms with van der Waals surface area (Å²) in [7, 11) is 0. The Morgan fingerprint density at radius 3 is 2.83 bits per heavy atom. The number of nitrogens with zero attached hydrogens (tertiary/aromatic N) is 1. The van der Waals surface area contributed by atoms with E-state index in [-0.39, 0.29) is 30.2 Å². The van der Waals surface area contributed by atoms with Gasteiger partial charge in [-0.15, -0.1) is 0 Å². The van der Waals surface area contributed by atoms with Gasteiger partial charge in [0.05, 0.1) is 12.6 Å². The maximum absolute atomic E-state index is 13.5. The number of carbonyl (C=O) groups is 2. The summed E-state index contributed by atoms with van der Waals surface area (Å²) in [5.41, 5.74) is 1.54. The lowest BCUT2D eigenvalue weighted by atomic mass is 10.00. The minimum atomic E-state index is -0.228. The molecule has 1 atom stereocenters. The van der Waals surface area contributed by atoms with Crippen molar-refractivity contribution in [1.82, 2.24) is 10.2 Å². The summed E-state index contributed by atoms with van der Waals surface area (Å²) < 4.78 is 13.5. The molecule has 3 rings (SSSR count). The quantitative estimate of drug-likeness (QED) is 0.907. The molecule has 1 aromatic rings. The first-order valence-electron chi connectivity index (χ1n) is 8.38. The van der Waals surface area contributed by atoms with Gasteiger partial charge < -0.3 is 10.2 Å². The second-order valence-electron chi connectivity index (χ2n) is 6.66. The van der Waals surface area contributed by atoms with Crippen molar-refractivity contribution in [2.45, 2.75) is 45.1 Å². The molecule has 1 unspecified atom stereocenters. The van der Waals surface area contributed by atoms with E-state index in [1.165, 1.54) is 6.07 Å². The molecule has 1 saturated heterocycles. The molecule has 1 N–H and O–H groups in total. The van der Waals surface area contributed by atoms with Gasteiger partial charge in [-0.2, -0.15) is 0 Å². The van der Waals surface area contributed by atoms with Crippen molar-refractivity contribution < 1.29 is 14.0 Å². The molecule has 1 aliphatic carbocycles. The summed E-state index contributed by atoms with van der Waals surface area (Å²) in [5, 5.41) is 3.05. The van der Waals surface area contributed by atoms with Crippen LogP contribution in [0.2, 0.25) is 0 Å². The van der Waals surface area contributed by atoms with E-state index in [2.05, 4.69) is 5.32 Å². The Morgan fingerprint density at radius 1 is 1.39 bits per heavy atom. The van der Waals surface area contributed by atoms with E-state index < -0.39 is 0 Å². The fraction of sp³-hybridized carbons (Fsp3) is 0.556. The maximum Gasteiger partial charge on any atom is 0.240 e. The van der Waals surface area contributed by atoms with E-state index in [0.717, 1.165) is 31.2 Å². The molecule has 0 aromatic heterocycles. The zero-order valence-corrected chi connectivity index (χ0v) is 13.5. The van der Waals surface area contributed by atoms with Crippen molar-refractivity contribution in [2.24, 2.45) is 5.92 Å². The van der Waals surface area contributed by atoms with Crippen LogP contribution in [-0.4, -0.2) is 29.8 Å². The molecule has 0 spiro atoms. The third kappa shape index (κ3) is 3.89. The molecule has 1 heterocycles. The van der Waals surface area contributed by atoms with Crippen LogP contribution in [0.1, 0.15) is 49.3 Å². The lowest BCUT2D eigenvalue weighted by molar-refractivity contribution is -0.138. The number of hydrogen-bond donors (Lipinski definition) is 1. The molecule has 1 saturated carbocycles. The van der Waals surface area contributed by atoms with Gasteiger partial charge in [0.1, 0.15) is 5.82 Å². The van der Waals surface area contributed by atoms with Crippen LogP contribution in [0.3, 0.4) is 0 Å². The Bertz CT molecular complexity index is 613. The van der Waals surface area contributed by atoms with Crippen LogP contribution in [0.5, 0.6) is 0 Å². The maximum atomic E-state index is 13.5. The average molecular weight is 318 g/mol. The topological polar surface area (TPSA) is 49.4 Å². The Labute approximate surface area is 136 Å². The molecule has 23 heavy (non-hydrogen) atoms. The Kier molecular flexibility index (Phi) is 4.64. The predicted octanol–water partition coefficient (Wildman–Crippen LogP) is 2.71. The Morgan fingerprint density at radius 2 is 2.17 bits per heavy atom. The zero-order valence-electron chi connectivity index (χ0n) is 13.5. The van der Waals surface area contributed by atoms with E-state index in [0.29, 0.717) is 24.4 Å². The molecule has 2 fully saturated rings. The number of carbonyl (C=O) groups excluding carboxylic acids is 2. The van der Waals surface area contributed by atoms with Gasteiger partial charge in [-0.1, -0.05) is 12.1 Å². The second-order valence-corrected chi connectivity index (χ2v) is 6.66. The van der Waals surface area contributed by atoms with E-state index in [1.54, 1.807) is 17.9 Å². The summed E-state index contributed by atoms with van der Waals surface area (Å²) in [6.45, 7) is 2.52. The first kappa shape index (κ1) is 16.0. The van der Waals surface area contributed by atoms with Gasteiger partial charge in [-0.3, -0.25) is 9.59 Å². The fourth-order valence-corrected chi connectivity index (χ4v) is 3.19. The summed E-state index contributed by atoms with van der Waals surface area (Å²) >= 11 is 0. The standard InChI is InChI=1S/C18H23FN2O2/c1-12-10-14(7-8-15(12)19)18(13-5-6-13)20-16(22)11-21-9-3-2-4-17(21)23/h7-8,10,13,18H,2-6,9,11H2,1H3,(H,20,22). The fourth-order valence-electron chi connectivity index (χ4n) is 3.19. The zero-order chi connectivity index (χ0) is 16.4. The van der Waals surface area contributed by atoms with Gasteiger partial charge in [-0.05, 0) is 55.7 Å². The van der Waals surface area contributed by atoms with Crippen LogP contribution in [0, 0.1) is 18.7 Å². The average Bonchev–Trinajstić information content (AvgIpc) is 3.35. The van der Waals surface area contributed by atoms with Crippen molar-refractivity contribution in [3.63, 3.8) is 0 Å². The van der Waals surface area contributed by atoms with Crippen molar-refractivity contribution in [3.05, 3.63) is 35.1 Å². The van der Waals surface area contributed by atoms with Crippen LogP contribution in [0.25, 0.3) is 0 Å². The van der Waals surface area contributed by atoms with Crippen LogP contribution in [0.4, 0.5) is 4.39 Å². The number of likely N-dealkylation sites (tertiary alicyclic amines) is 1. The minimum Gasteiger partial charge on any atom is -0.347 e.